The van der Waals surface area contributed by atoms with E-state index in [2.05, 4.69) is 0 Å². The zero-order valence-corrected chi connectivity index (χ0v) is 10.3. The van der Waals surface area contributed by atoms with Crippen LogP contribution in [0.4, 0.5) is 0 Å². The summed E-state index contributed by atoms with van der Waals surface area (Å²) < 4.78 is 0. The lowest BCUT2D eigenvalue weighted by molar-refractivity contribution is -0.110. The van der Waals surface area contributed by atoms with Crippen LogP contribution in [0, 0.1) is 0 Å². The molecule has 0 aromatic heterocycles. The molecule has 0 aromatic rings. The molecule has 0 aliphatic heterocycles. The van der Waals surface area contributed by atoms with Crippen LogP contribution in [0.1, 0.15) is 34.6 Å². The van der Waals surface area contributed by atoms with E-state index in [0.717, 1.165) is 16.7 Å². The van der Waals surface area contributed by atoms with E-state index >= 15 is 0 Å². The fourth-order valence-electron chi connectivity index (χ4n) is 1.26. The Morgan fingerprint density at radius 3 is 1.93 bits per heavy atom. The van der Waals surface area contributed by atoms with Gasteiger partial charge in [-0.15, -0.1) is 0 Å². The van der Waals surface area contributed by atoms with Crippen molar-refractivity contribution < 1.29 is 4.79 Å². The maximum absolute atomic E-state index is 11.4. The largest absolute Gasteiger partial charge is 0.290 e. The van der Waals surface area contributed by atoms with Crippen molar-refractivity contribution in [2.45, 2.75) is 34.6 Å². The van der Waals surface area contributed by atoms with Gasteiger partial charge in [-0.05, 0) is 52.3 Å². The third-order valence-corrected chi connectivity index (χ3v) is 1.69. The van der Waals surface area contributed by atoms with E-state index in [9.17, 15) is 4.79 Å². The predicted molar refractivity (Wildman–Crippen MR) is 66.8 cm³/mol. The molecule has 1 nitrogen and oxygen atoms in total. The van der Waals surface area contributed by atoms with Gasteiger partial charge >= 0.3 is 0 Å². The first-order valence-electron chi connectivity index (χ1n) is 5.14. The summed E-state index contributed by atoms with van der Waals surface area (Å²) in [5.74, 6) is 0.0528. The minimum atomic E-state index is 0.0528. The third kappa shape index (κ3) is 7.68. The summed E-state index contributed by atoms with van der Waals surface area (Å²) in [7, 11) is 0. The Balaban J connectivity index is 4.65. The number of carbonyl (C=O) groups excluding carboxylic acids is 1. The summed E-state index contributed by atoms with van der Waals surface area (Å²) in [6.45, 7) is 9.77. The van der Waals surface area contributed by atoms with E-state index in [-0.39, 0.29) is 5.78 Å². The van der Waals surface area contributed by atoms with Crippen molar-refractivity contribution in [3.63, 3.8) is 0 Å². The smallest absolute Gasteiger partial charge is 0.178 e. The van der Waals surface area contributed by atoms with Gasteiger partial charge in [0.2, 0.25) is 0 Å². The van der Waals surface area contributed by atoms with Gasteiger partial charge in [0.1, 0.15) is 0 Å². The zero-order chi connectivity index (χ0) is 11.8. The van der Waals surface area contributed by atoms with Crippen molar-refractivity contribution in [1.29, 1.82) is 0 Å². The van der Waals surface area contributed by atoms with Crippen molar-refractivity contribution in [2.24, 2.45) is 0 Å². The molecule has 1 heteroatoms. The predicted octanol–water partition coefficient (Wildman–Crippen LogP) is 3.99. The molecular weight excluding hydrogens is 184 g/mol. The van der Waals surface area contributed by atoms with Crippen LogP contribution in [-0.4, -0.2) is 5.78 Å². The highest BCUT2D eigenvalue weighted by atomic mass is 16.1. The summed E-state index contributed by atoms with van der Waals surface area (Å²) in [5, 5.41) is 0. The van der Waals surface area contributed by atoms with Crippen molar-refractivity contribution in [1.82, 2.24) is 0 Å². The Morgan fingerprint density at radius 2 is 1.47 bits per heavy atom. The van der Waals surface area contributed by atoms with Crippen LogP contribution in [0.15, 0.2) is 47.1 Å². The van der Waals surface area contributed by atoms with Crippen molar-refractivity contribution in [3.8, 4) is 0 Å². The van der Waals surface area contributed by atoms with Gasteiger partial charge in [-0.25, -0.2) is 0 Å². The summed E-state index contributed by atoms with van der Waals surface area (Å²) in [4.78, 5) is 11.4. The van der Waals surface area contributed by atoms with E-state index < -0.39 is 0 Å². The lowest BCUT2D eigenvalue weighted by Gasteiger charge is -1.94. The monoisotopic (exact) mass is 204 g/mol. The fourth-order valence-corrected chi connectivity index (χ4v) is 1.26. The second kappa shape index (κ2) is 6.99. The molecule has 0 atom stereocenters. The number of carbonyl (C=O) groups is 1. The highest BCUT2D eigenvalue weighted by Crippen LogP contribution is 2.04. The van der Waals surface area contributed by atoms with Crippen LogP contribution in [0.3, 0.4) is 0 Å². The normalized spacial score (nSPS) is 13.1. The van der Waals surface area contributed by atoms with E-state index in [4.69, 9.17) is 0 Å². The van der Waals surface area contributed by atoms with Gasteiger partial charge < -0.3 is 0 Å². The van der Waals surface area contributed by atoms with Gasteiger partial charge in [-0.3, -0.25) is 4.79 Å². The Hall–Kier alpha value is -1.37. The molecule has 0 fully saturated rings. The van der Waals surface area contributed by atoms with Gasteiger partial charge in [-0.2, -0.15) is 0 Å². The number of hydrogen-bond acceptors (Lipinski definition) is 1. The van der Waals surface area contributed by atoms with Crippen LogP contribution < -0.4 is 0 Å². The number of allylic oxidation sites excluding steroid dienone is 8. The molecule has 15 heavy (non-hydrogen) atoms. The minimum Gasteiger partial charge on any atom is -0.290 e. The van der Waals surface area contributed by atoms with Gasteiger partial charge in [0.15, 0.2) is 5.78 Å². The second-order valence-corrected chi connectivity index (χ2v) is 3.90. The first-order valence-corrected chi connectivity index (χ1v) is 5.14. The molecule has 0 spiro atoms. The lowest BCUT2D eigenvalue weighted by atomic mass is 10.1. The van der Waals surface area contributed by atoms with E-state index in [0.29, 0.717) is 0 Å². The Kier molecular flexibility index (Phi) is 6.35. The molecule has 0 aliphatic carbocycles. The Bertz CT molecular complexity index is 334. The molecule has 0 bridgehead atoms. The maximum atomic E-state index is 11.4. The Morgan fingerprint density at radius 1 is 0.867 bits per heavy atom. The van der Waals surface area contributed by atoms with E-state index in [1.54, 1.807) is 12.2 Å². The first-order chi connectivity index (χ1) is 6.95. The van der Waals surface area contributed by atoms with Crippen LogP contribution in [0.25, 0.3) is 0 Å². The molecule has 0 aromatic carbocycles. The molecule has 0 rings (SSSR count). The topological polar surface area (TPSA) is 17.1 Å². The van der Waals surface area contributed by atoms with E-state index in [1.165, 1.54) is 0 Å². The van der Waals surface area contributed by atoms with Crippen LogP contribution >= 0.6 is 0 Å². The molecule has 0 unspecified atom stereocenters. The van der Waals surface area contributed by atoms with E-state index in [1.807, 2.05) is 52.8 Å². The molecule has 82 valence electrons. The second-order valence-electron chi connectivity index (χ2n) is 3.90. The van der Waals surface area contributed by atoms with Crippen LogP contribution in [0.2, 0.25) is 0 Å². The van der Waals surface area contributed by atoms with Gasteiger partial charge in [0, 0.05) is 0 Å². The highest BCUT2D eigenvalue weighted by molar-refractivity contribution is 6.00. The summed E-state index contributed by atoms with van der Waals surface area (Å²) in [6.07, 6.45) is 9.29. The summed E-state index contributed by atoms with van der Waals surface area (Å²) in [6, 6.07) is 0. The molecule has 0 amide bonds. The molecule has 0 radical (unpaired) electrons. The zero-order valence-electron chi connectivity index (χ0n) is 10.3. The first kappa shape index (κ1) is 13.6. The molecule has 0 N–H and O–H groups in total. The quantitative estimate of drug-likeness (QED) is 0.500. The standard InChI is InChI=1S/C14H20O/c1-6-7-12(4)9-13(5)10-14(15)8-11(2)3/h6-10H,1-5H3/b7-6?,12-9+,13-10+. The molecule has 0 saturated carbocycles. The minimum absolute atomic E-state index is 0.0528. The van der Waals surface area contributed by atoms with Crippen LogP contribution in [-0.2, 0) is 4.79 Å². The molecular formula is C14H20O. The highest BCUT2D eigenvalue weighted by Gasteiger charge is 1.92. The molecule has 0 aliphatic rings. The molecule has 0 heterocycles. The van der Waals surface area contributed by atoms with Crippen molar-refractivity contribution in [3.05, 3.63) is 47.1 Å². The summed E-state index contributed by atoms with van der Waals surface area (Å²) in [5.41, 5.74) is 3.16. The van der Waals surface area contributed by atoms with Gasteiger partial charge in [-0.1, -0.05) is 29.4 Å². The Labute approximate surface area is 92.9 Å². The number of ketones is 1. The SMILES string of the molecule is CC=C/C(C)=C/C(C)=C/C(=O)C=C(C)C. The fraction of sp³-hybridized carbons (Fsp3) is 0.357. The number of hydrogen-bond donors (Lipinski definition) is 0. The van der Waals surface area contributed by atoms with Crippen molar-refractivity contribution >= 4 is 5.78 Å². The number of rotatable bonds is 4. The van der Waals surface area contributed by atoms with Gasteiger partial charge in [0.25, 0.3) is 0 Å². The van der Waals surface area contributed by atoms with Crippen molar-refractivity contribution in [2.75, 3.05) is 0 Å². The average Bonchev–Trinajstić information content (AvgIpc) is 2.00. The lowest BCUT2D eigenvalue weighted by Crippen LogP contribution is -1.88. The van der Waals surface area contributed by atoms with Crippen LogP contribution in [0.5, 0.6) is 0 Å². The summed E-state index contributed by atoms with van der Waals surface area (Å²) >= 11 is 0. The molecule has 0 saturated heterocycles. The van der Waals surface area contributed by atoms with Gasteiger partial charge in [0.05, 0.1) is 0 Å². The average molecular weight is 204 g/mol. The third-order valence-electron chi connectivity index (χ3n) is 1.69. The maximum Gasteiger partial charge on any atom is 0.178 e.